The number of aryl methyl sites for hydroxylation is 1. The van der Waals surface area contributed by atoms with Gasteiger partial charge in [-0.1, -0.05) is 13.8 Å². The lowest BCUT2D eigenvalue weighted by Crippen LogP contribution is -2.13. The average molecular weight is 313 g/mol. The Labute approximate surface area is 137 Å². The van der Waals surface area contributed by atoms with E-state index < -0.39 is 0 Å². The minimum Gasteiger partial charge on any atom is -0.497 e. The minimum atomic E-state index is -0.143. The van der Waals surface area contributed by atoms with Crippen molar-refractivity contribution in [3.8, 4) is 11.5 Å². The Hall–Kier alpha value is -2.49. The zero-order valence-corrected chi connectivity index (χ0v) is 14.3. The van der Waals surface area contributed by atoms with E-state index >= 15 is 0 Å². The first-order valence-electron chi connectivity index (χ1n) is 7.60. The topological polar surface area (TPSA) is 47.6 Å². The second kappa shape index (κ2) is 7.18. The molecule has 1 N–H and O–H groups in total. The van der Waals surface area contributed by atoms with Crippen molar-refractivity contribution in [1.82, 2.24) is 0 Å². The highest BCUT2D eigenvalue weighted by Crippen LogP contribution is 2.32. The predicted molar refractivity (Wildman–Crippen MR) is 92.8 cm³/mol. The van der Waals surface area contributed by atoms with E-state index in [0.717, 1.165) is 28.3 Å². The first-order valence-corrected chi connectivity index (χ1v) is 7.60. The lowest BCUT2D eigenvalue weighted by atomic mass is 9.99. The summed E-state index contributed by atoms with van der Waals surface area (Å²) in [6, 6.07) is 11.0. The van der Waals surface area contributed by atoms with Crippen molar-refractivity contribution in [3.63, 3.8) is 0 Å². The Balaban J connectivity index is 2.27. The molecule has 0 aromatic heterocycles. The molecule has 2 rings (SSSR count). The van der Waals surface area contributed by atoms with Crippen molar-refractivity contribution in [1.29, 1.82) is 0 Å². The van der Waals surface area contributed by atoms with Crippen molar-refractivity contribution in [3.05, 3.63) is 53.1 Å². The molecule has 4 heteroatoms. The second-order valence-corrected chi connectivity index (χ2v) is 5.75. The zero-order chi connectivity index (χ0) is 17.0. The highest BCUT2D eigenvalue weighted by molar-refractivity contribution is 6.04. The quantitative estimate of drug-likeness (QED) is 0.890. The summed E-state index contributed by atoms with van der Waals surface area (Å²) in [5.74, 6) is 1.74. The molecule has 0 aliphatic carbocycles. The largest absolute Gasteiger partial charge is 0.497 e. The van der Waals surface area contributed by atoms with Crippen LogP contribution in [0.25, 0.3) is 0 Å². The molecule has 0 saturated carbocycles. The molecule has 0 fully saturated rings. The summed E-state index contributed by atoms with van der Waals surface area (Å²) < 4.78 is 10.5. The Bertz CT molecular complexity index is 691. The molecule has 2 aromatic carbocycles. The third-order valence-corrected chi connectivity index (χ3v) is 3.80. The van der Waals surface area contributed by atoms with Crippen LogP contribution in [0.15, 0.2) is 36.4 Å². The summed E-state index contributed by atoms with van der Waals surface area (Å²) in [7, 11) is 3.26. The fourth-order valence-corrected chi connectivity index (χ4v) is 2.40. The van der Waals surface area contributed by atoms with Crippen LogP contribution in [0, 0.1) is 6.92 Å². The Kier molecular flexibility index (Phi) is 5.27. The molecule has 0 aliphatic heterocycles. The van der Waals surface area contributed by atoms with Gasteiger partial charge in [0, 0.05) is 11.3 Å². The van der Waals surface area contributed by atoms with Crippen LogP contribution in [-0.4, -0.2) is 20.1 Å². The number of anilines is 1. The van der Waals surface area contributed by atoms with Gasteiger partial charge in [0.2, 0.25) is 0 Å². The van der Waals surface area contributed by atoms with Crippen LogP contribution in [0.3, 0.4) is 0 Å². The number of carbonyl (C=O) groups is 1. The van der Waals surface area contributed by atoms with Crippen LogP contribution < -0.4 is 14.8 Å². The lowest BCUT2D eigenvalue weighted by Gasteiger charge is -2.16. The van der Waals surface area contributed by atoms with Crippen LogP contribution in [-0.2, 0) is 0 Å². The van der Waals surface area contributed by atoms with Crippen LogP contribution in [0.2, 0.25) is 0 Å². The first-order chi connectivity index (χ1) is 11.0. The summed E-state index contributed by atoms with van der Waals surface area (Å²) in [5, 5.41) is 2.98. The summed E-state index contributed by atoms with van der Waals surface area (Å²) in [4.78, 5) is 12.4. The van der Waals surface area contributed by atoms with Gasteiger partial charge in [-0.05, 0) is 60.4 Å². The smallest absolute Gasteiger partial charge is 0.255 e. The van der Waals surface area contributed by atoms with Gasteiger partial charge in [0.1, 0.15) is 11.5 Å². The SMILES string of the molecule is COc1ccc(C(=O)Nc2cc(C(C)C)c(OC)cc2C)cc1. The molecular weight excluding hydrogens is 290 g/mol. The molecule has 1 amide bonds. The summed E-state index contributed by atoms with van der Waals surface area (Å²) in [6.07, 6.45) is 0. The van der Waals surface area contributed by atoms with Gasteiger partial charge in [-0.3, -0.25) is 4.79 Å². The fourth-order valence-electron chi connectivity index (χ4n) is 2.40. The molecule has 2 aromatic rings. The summed E-state index contributed by atoms with van der Waals surface area (Å²) in [5.41, 5.74) is 3.43. The molecule has 0 bridgehead atoms. The van der Waals surface area contributed by atoms with Crippen molar-refractivity contribution < 1.29 is 14.3 Å². The first kappa shape index (κ1) is 16.9. The van der Waals surface area contributed by atoms with Crippen LogP contribution in [0.1, 0.15) is 41.3 Å². The Morgan fingerprint density at radius 1 is 1.04 bits per heavy atom. The monoisotopic (exact) mass is 313 g/mol. The minimum absolute atomic E-state index is 0.143. The normalized spacial score (nSPS) is 10.5. The van der Waals surface area contributed by atoms with E-state index in [1.54, 1.807) is 38.5 Å². The standard InChI is InChI=1S/C19H23NO3/c1-12(2)16-11-17(13(3)10-18(16)23-5)20-19(21)14-6-8-15(22-4)9-7-14/h6-12H,1-5H3,(H,20,21). The van der Waals surface area contributed by atoms with E-state index in [0.29, 0.717) is 11.5 Å². The number of amides is 1. The number of rotatable bonds is 5. The number of hydrogen-bond acceptors (Lipinski definition) is 3. The number of benzene rings is 2. The molecule has 122 valence electrons. The maximum Gasteiger partial charge on any atom is 0.255 e. The zero-order valence-electron chi connectivity index (χ0n) is 14.3. The van der Waals surface area contributed by atoms with E-state index in [1.165, 1.54) is 0 Å². The molecule has 0 spiro atoms. The molecule has 0 atom stereocenters. The van der Waals surface area contributed by atoms with Crippen LogP contribution >= 0.6 is 0 Å². The third kappa shape index (κ3) is 3.83. The highest BCUT2D eigenvalue weighted by atomic mass is 16.5. The number of hydrogen-bond donors (Lipinski definition) is 1. The number of ether oxygens (including phenoxy) is 2. The molecular formula is C19H23NO3. The summed E-state index contributed by atoms with van der Waals surface area (Å²) >= 11 is 0. The molecule has 0 saturated heterocycles. The van der Waals surface area contributed by atoms with Crippen molar-refractivity contribution in [2.24, 2.45) is 0 Å². The van der Waals surface area contributed by atoms with Gasteiger partial charge in [-0.2, -0.15) is 0 Å². The van der Waals surface area contributed by atoms with Crippen molar-refractivity contribution in [2.45, 2.75) is 26.7 Å². The highest BCUT2D eigenvalue weighted by Gasteiger charge is 2.14. The molecule has 0 unspecified atom stereocenters. The van der Waals surface area contributed by atoms with E-state index in [9.17, 15) is 4.79 Å². The maximum atomic E-state index is 12.4. The van der Waals surface area contributed by atoms with Gasteiger partial charge in [0.05, 0.1) is 14.2 Å². The van der Waals surface area contributed by atoms with Gasteiger partial charge >= 0.3 is 0 Å². The van der Waals surface area contributed by atoms with Crippen LogP contribution in [0.4, 0.5) is 5.69 Å². The number of methoxy groups -OCH3 is 2. The van der Waals surface area contributed by atoms with Gasteiger partial charge in [-0.25, -0.2) is 0 Å². The van der Waals surface area contributed by atoms with Gasteiger partial charge < -0.3 is 14.8 Å². The van der Waals surface area contributed by atoms with Gasteiger partial charge in [-0.15, -0.1) is 0 Å². The Morgan fingerprint density at radius 3 is 2.22 bits per heavy atom. The number of nitrogens with one attached hydrogen (secondary N) is 1. The third-order valence-electron chi connectivity index (χ3n) is 3.80. The average Bonchev–Trinajstić information content (AvgIpc) is 2.56. The summed E-state index contributed by atoms with van der Waals surface area (Å²) in [6.45, 7) is 6.15. The molecule has 0 heterocycles. The van der Waals surface area contributed by atoms with Gasteiger partial charge in [0.25, 0.3) is 5.91 Å². The maximum absolute atomic E-state index is 12.4. The van der Waals surface area contributed by atoms with Crippen molar-refractivity contribution >= 4 is 11.6 Å². The second-order valence-electron chi connectivity index (χ2n) is 5.75. The molecule has 23 heavy (non-hydrogen) atoms. The Morgan fingerprint density at radius 2 is 1.70 bits per heavy atom. The predicted octanol–water partition coefficient (Wildman–Crippen LogP) is 4.39. The lowest BCUT2D eigenvalue weighted by molar-refractivity contribution is 0.102. The van der Waals surface area contributed by atoms with Gasteiger partial charge in [0.15, 0.2) is 0 Å². The molecule has 0 aliphatic rings. The molecule has 4 nitrogen and oxygen atoms in total. The number of carbonyl (C=O) groups excluding carboxylic acids is 1. The van der Waals surface area contributed by atoms with E-state index in [-0.39, 0.29) is 5.91 Å². The van der Waals surface area contributed by atoms with E-state index in [1.807, 2.05) is 19.1 Å². The van der Waals surface area contributed by atoms with Crippen molar-refractivity contribution in [2.75, 3.05) is 19.5 Å². The van der Waals surface area contributed by atoms with E-state index in [2.05, 4.69) is 19.2 Å². The van der Waals surface area contributed by atoms with Crippen LogP contribution in [0.5, 0.6) is 11.5 Å². The fraction of sp³-hybridized carbons (Fsp3) is 0.316. The van der Waals surface area contributed by atoms with E-state index in [4.69, 9.17) is 9.47 Å². The molecule has 0 radical (unpaired) electrons.